The minimum atomic E-state index is 0.175. The third-order valence-electron chi connectivity index (χ3n) is 4.99. The van der Waals surface area contributed by atoms with E-state index in [9.17, 15) is 0 Å². The summed E-state index contributed by atoms with van der Waals surface area (Å²) < 4.78 is 1.65. The fourth-order valence-electron chi connectivity index (χ4n) is 3.52. The summed E-state index contributed by atoms with van der Waals surface area (Å²) in [7, 11) is 0. The van der Waals surface area contributed by atoms with E-state index in [1.54, 1.807) is 16.8 Å². The summed E-state index contributed by atoms with van der Waals surface area (Å²) in [5.74, 6) is 1.69. The fourth-order valence-corrected chi connectivity index (χ4v) is 3.52. The molecule has 3 aromatic heterocycles. The summed E-state index contributed by atoms with van der Waals surface area (Å²) in [6.07, 6.45) is 4.10. The third kappa shape index (κ3) is 4.39. The normalized spacial score (nSPS) is 11.9. The molecule has 0 saturated heterocycles. The fraction of sp³-hybridized carbons (Fsp3) is 0.125. The van der Waals surface area contributed by atoms with Gasteiger partial charge in [-0.05, 0) is 25.0 Å². The van der Waals surface area contributed by atoms with E-state index in [4.69, 9.17) is 4.98 Å². The maximum absolute atomic E-state index is 4.75. The van der Waals surface area contributed by atoms with Crippen molar-refractivity contribution in [2.45, 2.75) is 19.4 Å². The van der Waals surface area contributed by atoms with Gasteiger partial charge in [0.25, 0.3) is 0 Å². The number of rotatable bonds is 7. The van der Waals surface area contributed by atoms with E-state index < -0.39 is 0 Å². The van der Waals surface area contributed by atoms with E-state index in [2.05, 4.69) is 49.7 Å². The van der Waals surface area contributed by atoms with Gasteiger partial charge in [0.05, 0.1) is 5.69 Å². The third-order valence-corrected chi connectivity index (χ3v) is 4.99. The number of anilines is 3. The average Bonchev–Trinajstić information content (AvgIpc) is 3.30. The number of hydrogen-bond acceptors (Lipinski definition) is 7. The van der Waals surface area contributed by atoms with Gasteiger partial charge >= 0.3 is 0 Å². The topological polar surface area (TPSA) is 92.9 Å². The lowest BCUT2D eigenvalue weighted by Gasteiger charge is -2.15. The molecule has 0 spiro atoms. The summed E-state index contributed by atoms with van der Waals surface area (Å²) in [5, 5.41) is 10.9. The van der Waals surface area contributed by atoms with Crippen LogP contribution in [0.4, 0.5) is 17.7 Å². The van der Waals surface area contributed by atoms with Crippen LogP contribution in [0.15, 0.2) is 85.3 Å². The van der Waals surface area contributed by atoms with Crippen LogP contribution in [-0.2, 0) is 6.42 Å². The van der Waals surface area contributed by atoms with Gasteiger partial charge in [-0.1, -0.05) is 60.7 Å². The Morgan fingerprint density at radius 3 is 2.50 bits per heavy atom. The van der Waals surface area contributed by atoms with Gasteiger partial charge in [-0.3, -0.25) is 0 Å². The molecule has 5 aromatic rings. The standard InChI is InChI=1S/C24H22N8/c1-17(14-18-8-4-2-5-9-18)28-23-25-13-12-21(30-23)31-24-29-20(19-10-6-3-7-11-19)15-22-26-16-27-32(22)24/h2-13,15-17H,14H2,1H3,(H2,25,28,29,30,31). The molecule has 0 saturated carbocycles. The van der Waals surface area contributed by atoms with E-state index in [1.807, 2.05) is 54.6 Å². The van der Waals surface area contributed by atoms with Gasteiger partial charge in [-0.2, -0.15) is 14.6 Å². The van der Waals surface area contributed by atoms with Gasteiger partial charge in [0.15, 0.2) is 5.65 Å². The molecule has 8 heteroatoms. The highest BCUT2D eigenvalue weighted by molar-refractivity contribution is 5.66. The number of fused-ring (bicyclic) bond motifs is 1. The minimum absolute atomic E-state index is 0.175. The lowest BCUT2D eigenvalue weighted by molar-refractivity contribution is 0.777. The second-order valence-corrected chi connectivity index (χ2v) is 7.49. The van der Waals surface area contributed by atoms with Crippen LogP contribution in [-0.4, -0.2) is 35.6 Å². The van der Waals surface area contributed by atoms with Crippen molar-refractivity contribution in [3.8, 4) is 11.3 Å². The van der Waals surface area contributed by atoms with Crippen molar-refractivity contribution >= 4 is 23.4 Å². The Bertz CT molecular complexity index is 1320. The second-order valence-electron chi connectivity index (χ2n) is 7.49. The summed E-state index contributed by atoms with van der Waals surface area (Å²) >= 11 is 0. The molecule has 5 rings (SSSR count). The van der Waals surface area contributed by atoms with Crippen molar-refractivity contribution in [2.24, 2.45) is 0 Å². The Balaban J connectivity index is 1.38. The van der Waals surface area contributed by atoms with Crippen LogP contribution in [0.25, 0.3) is 16.9 Å². The average molecular weight is 422 g/mol. The van der Waals surface area contributed by atoms with E-state index >= 15 is 0 Å². The molecule has 8 nitrogen and oxygen atoms in total. The highest BCUT2D eigenvalue weighted by atomic mass is 15.4. The van der Waals surface area contributed by atoms with Crippen LogP contribution >= 0.6 is 0 Å². The van der Waals surface area contributed by atoms with Gasteiger partial charge in [0.2, 0.25) is 11.9 Å². The van der Waals surface area contributed by atoms with Crippen molar-refractivity contribution in [3.05, 3.63) is 90.9 Å². The Morgan fingerprint density at radius 1 is 0.906 bits per heavy atom. The van der Waals surface area contributed by atoms with Crippen molar-refractivity contribution in [3.63, 3.8) is 0 Å². The molecule has 0 aliphatic rings. The lowest BCUT2D eigenvalue weighted by atomic mass is 10.1. The van der Waals surface area contributed by atoms with E-state index in [-0.39, 0.29) is 6.04 Å². The molecular formula is C24H22N8. The van der Waals surface area contributed by atoms with Crippen molar-refractivity contribution in [2.75, 3.05) is 10.6 Å². The summed E-state index contributed by atoms with van der Waals surface area (Å²) in [6.45, 7) is 2.11. The summed E-state index contributed by atoms with van der Waals surface area (Å²) in [5.41, 5.74) is 3.76. The zero-order valence-corrected chi connectivity index (χ0v) is 17.6. The quantitative estimate of drug-likeness (QED) is 0.402. The number of benzene rings is 2. The molecule has 1 atom stereocenters. The van der Waals surface area contributed by atoms with Crippen molar-refractivity contribution < 1.29 is 0 Å². The first-order valence-corrected chi connectivity index (χ1v) is 10.4. The van der Waals surface area contributed by atoms with Gasteiger partial charge in [0.1, 0.15) is 12.1 Å². The first-order chi connectivity index (χ1) is 15.7. The lowest BCUT2D eigenvalue weighted by Crippen LogP contribution is -2.20. The van der Waals surface area contributed by atoms with Crippen molar-refractivity contribution in [1.82, 2.24) is 29.5 Å². The Labute approximate surface area is 185 Å². The highest BCUT2D eigenvalue weighted by Gasteiger charge is 2.11. The summed E-state index contributed by atoms with van der Waals surface area (Å²) in [4.78, 5) is 18.1. The molecule has 1 unspecified atom stereocenters. The Kier molecular flexibility index (Phi) is 5.40. The van der Waals surface area contributed by atoms with E-state index in [0.29, 0.717) is 23.4 Å². The van der Waals surface area contributed by atoms with Crippen LogP contribution in [0.2, 0.25) is 0 Å². The number of hydrogen-bond donors (Lipinski definition) is 2. The Hall–Kier alpha value is -4.33. The molecule has 0 aliphatic heterocycles. The number of aromatic nitrogens is 6. The van der Waals surface area contributed by atoms with Crippen LogP contribution in [0.5, 0.6) is 0 Å². The zero-order valence-electron chi connectivity index (χ0n) is 17.6. The molecule has 2 aromatic carbocycles. The van der Waals surface area contributed by atoms with Gasteiger partial charge < -0.3 is 10.6 Å². The monoisotopic (exact) mass is 422 g/mol. The zero-order chi connectivity index (χ0) is 21.8. The SMILES string of the molecule is CC(Cc1ccccc1)Nc1nccc(Nc2nc(-c3ccccc3)cc3ncnn23)n1. The number of nitrogens with zero attached hydrogens (tertiary/aromatic N) is 6. The predicted molar refractivity (Wildman–Crippen MR) is 125 cm³/mol. The van der Waals surface area contributed by atoms with Crippen molar-refractivity contribution in [1.29, 1.82) is 0 Å². The maximum Gasteiger partial charge on any atom is 0.232 e. The van der Waals surface area contributed by atoms with Crippen LogP contribution in [0.3, 0.4) is 0 Å². The number of nitrogens with one attached hydrogen (secondary N) is 2. The Morgan fingerprint density at radius 2 is 1.69 bits per heavy atom. The molecule has 0 radical (unpaired) electrons. The van der Waals surface area contributed by atoms with Crippen LogP contribution < -0.4 is 10.6 Å². The van der Waals surface area contributed by atoms with E-state index in [0.717, 1.165) is 17.7 Å². The molecule has 0 fully saturated rings. The van der Waals surface area contributed by atoms with Crippen LogP contribution in [0, 0.1) is 0 Å². The van der Waals surface area contributed by atoms with E-state index in [1.165, 1.54) is 11.9 Å². The largest absolute Gasteiger partial charge is 0.351 e. The second kappa shape index (κ2) is 8.81. The molecule has 0 amide bonds. The van der Waals surface area contributed by atoms with Crippen LogP contribution in [0.1, 0.15) is 12.5 Å². The van der Waals surface area contributed by atoms with Gasteiger partial charge in [-0.15, -0.1) is 0 Å². The predicted octanol–water partition coefficient (Wildman–Crippen LogP) is 4.37. The molecule has 2 N–H and O–H groups in total. The maximum atomic E-state index is 4.75. The molecule has 0 bridgehead atoms. The molecule has 0 aliphatic carbocycles. The first kappa shape index (κ1) is 19.6. The first-order valence-electron chi connectivity index (χ1n) is 10.4. The molecular weight excluding hydrogens is 400 g/mol. The minimum Gasteiger partial charge on any atom is -0.351 e. The smallest absolute Gasteiger partial charge is 0.232 e. The highest BCUT2D eigenvalue weighted by Crippen LogP contribution is 2.22. The molecule has 158 valence electrons. The molecule has 32 heavy (non-hydrogen) atoms. The van der Waals surface area contributed by atoms with Gasteiger partial charge in [-0.25, -0.2) is 15.0 Å². The summed E-state index contributed by atoms with van der Waals surface area (Å²) in [6, 6.07) is 24.2. The molecule has 3 heterocycles. The van der Waals surface area contributed by atoms with Gasteiger partial charge in [0, 0.05) is 23.9 Å².